The second-order valence-corrected chi connectivity index (χ2v) is 5.72. The van der Waals surface area contributed by atoms with Crippen LogP contribution in [0.5, 0.6) is 0 Å². The Labute approximate surface area is 93.8 Å². The third-order valence-electron chi connectivity index (χ3n) is 4.50. The molecule has 2 aliphatic rings. The minimum absolute atomic E-state index is 0.487. The van der Waals surface area contributed by atoms with Crippen LogP contribution < -0.4 is 11.5 Å². The van der Waals surface area contributed by atoms with Crippen molar-refractivity contribution in [2.24, 2.45) is 23.3 Å². The molecule has 2 fully saturated rings. The molecule has 0 aromatic carbocycles. The van der Waals surface area contributed by atoms with Crippen molar-refractivity contribution in [3.63, 3.8) is 0 Å². The Balaban J connectivity index is 1.75. The Morgan fingerprint density at radius 3 is 2.13 bits per heavy atom. The molecule has 0 heterocycles. The summed E-state index contributed by atoms with van der Waals surface area (Å²) in [5.74, 6) is 1.75. The summed E-state index contributed by atoms with van der Waals surface area (Å²) in [6.45, 7) is 0. The predicted molar refractivity (Wildman–Crippen MR) is 64.5 cm³/mol. The highest BCUT2D eigenvalue weighted by molar-refractivity contribution is 4.82. The van der Waals surface area contributed by atoms with Gasteiger partial charge >= 0.3 is 0 Å². The molecule has 2 heteroatoms. The summed E-state index contributed by atoms with van der Waals surface area (Å²) in [4.78, 5) is 0. The van der Waals surface area contributed by atoms with Gasteiger partial charge in [0.15, 0.2) is 0 Å². The average molecular weight is 210 g/mol. The zero-order valence-corrected chi connectivity index (χ0v) is 9.83. The van der Waals surface area contributed by atoms with Crippen molar-refractivity contribution in [1.82, 2.24) is 0 Å². The largest absolute Gasteiger partial charge is 0.328 e. The molecular weight excluding hydrogens is 184 g/mol. The van der Waals surface area contributed by atoms with E-state index in [1.165, 1.54) is 57.8 Å². The van der Waals surface area contributed by atoms with Crippen molar-refractivity contribution in [2.45, 2.75) is 69.9 Å². The minimum Gasteiger partial charge on any atom is -0.328 e. The van der Waals surface area contributed by atoms with Crippen LogP contribution in [-0.4, -0.2) is 12.1 Å². The summed E-state index contributed by atoms with van der Waals surface area (Å²) in [6.07, 6.45) is 12.0. The van der Waals surface area contributed by atoms with Crippen LogP contribution in [0.25, 0.3) is 0 Å². The molecule has 2 saturated carbocycles. The molecule has 0 saturated heterocycles. The molecule has 0 aromatic rings. The molecule has 4 N–H and O–H groups in total. The molecule has 2 unspecified atom stereocenters. The van der Waals surface area contributed by atoms with Crippen LogP contribution in [0.4, 0.5) is 0 Å². The summed E-state index contributed by atoms with van der Waals surface area (Å²) < 4.78 is 0. The van der Waals surface area contributed by atoms with Crippen LogP contribution in [0.1, 0.15) is 57.8 Å². The van der Waals surface area contributed by atoms with Gasteiger partial charge in [0.25, 0.3) is 0 Å². The van der Waals surface area contributed by atoms with Crippen molar-refractivity contribution < 1.29 is 0 Å². The van der Waals surface area contributed by atoms with Gasteiger partial charge < -0.3 is 11.5 Å². The van der Waals surface area contributed by atoms with E-state index in [4.69, 9.17) is 11.5 Å². The maximum atomic E-state index is 6.20. The van der Waals surface area contributed by atoms with Crippen molar-refractivity contribution in [3.05, 3.63) is 0 Å². The molecule has 88 valence electrons. The molecule has 2 atom stereocenters. The fourth-order valence-corrected chi connectivity index (χ4v) is 3.38. The monoisotopic (exact) mass is 210 g/mol. The maximum Gasteiger partial charge on any atom is 0.00672 e. The minimum atomic E-state index is 0.487. The van der Waals surface area contributed by atoms with E-state index in [2.05, 4.69) is 0 Å². The van der Waals surface area contributed by atoms with E-state index < -0.39 is 0 Å². The predicted octanol–water partition coefficient (Wildman–Crippen LogP) is 2.41. The molecule has 0 radical (unpaired) electrons. The molecule has 15 heavy (non-hydrogen) atoms. The smallest absolute Gasteiger partial charge is 0.00672 e. The molecule has 2 nitrogen and oxygen atoms in total. The Morgan fingerprint density at radius 2 is 1.47 bits per heavy atom. The first kappa shape index (κ1) is 11.4. The first-order chi connectivity index (χ1) is 7.25. The van der Waals surface area contributed by atoms with Crippen LogP contribution in [0.15, 0.2) is 0 Å². The number of hydrogen-bond acceptors (Lipinski definition) is 2. The number of rotatable bonds is 2. The average Bonchev–Trinajstić information content (AvgIpc) is 2.25. The quantitative estimate of drug-likeness (QED) is 0.735. The zero-order valence-electron chi connectivity index (χ0n) is 9.83. The summed E-state index contributed by atoms with van der Waals surface area (Å²) in [5.41, 5.74) is 12.1. The van der Waals surface area contributed by atoms with E-state index in [1.807, 2.05) is 0 Å². The highest BCUT2D eigenvalue weighted by Crippen LogP contribution is 2.34. The van der Waals surface area contributed by atoms with Gasteiger partial charge in [0, 0.05) is 12.1 Å². The number of nitrogens with two attached hydrogens (primary N) is 2. The lowest BCUT2D eigenvalue weighted by molar-refractivity contribution is 0.213. The van der Waals surface area contributed by atoms with Gasteiger partial charge in [-0.25, -0.2) is 0 Å². The van der Waals surface area contributed by atoms with Gasteiger partial charge in [-0.3, -0.25) is 0 Å². The third-order valence-corrected chi connectivity index (χ3v) is 4.50. The van der Waals surface area contributed by atoms with Gasteiger partial charge in [-0.15, -0.1) is 0 Å². The zero-order chi connectivity index (χ0) is 10.7. The summed E-state index contributed by atoms with van der Waals surface area (Å²) in [7, 11) is 0. The Bertz CT molecular complexity index is 185. The lowest BCUT2D eigenvalue weighted by Gasteiger charge is -2.34. The third kappa shape index (κ3) is 3.18. The SMILES string of the molecule is NC1CCC(CC2CCCCC2N)CC1. The molecule has 0 aliphatic heterocycles. The second kappa shape index (κ2) is 5.31. The second-order valence-electron chi connectivity index (χ2n) is 5.72. The first-order valence-electron chi connectivity index (χ1n) is 6.77. The molecular formula is C13H26N2. The van der Waals surface area contributed by atoms with E-state index in [9.17, 15) is 0 Å². The molecule has 0 spiro atoms. The summed E-state index contributed by atoms with van der Waals surface area (Å²) in [6, 6.07) is 0.982. The van der Waals surface area contributed by atoms with E-state index in [0.717, 1.165) is 11.8 Å². The lowest BCUT2D eigenvalue weighted by Crippen LogP contribution is -2.35. The normalized spacial score (nSPS) is 42.8. The van der Waals surface area contributed by atoms with Crippen molar-refractivity contribution >= 4 is 0 Å². The summed E-state index contributed by atoms with van der Waals surface area (Å²) >= 11 is 0. The van der Waals surface area contributed by atoms with Crippen LogP contribution >= 0.6 is 0 Å². The van der Waals surface area contributed by atoms with Gasteiger partial charge in [0.1, 0.15) is 0 Å². The van der Waals surface area contributed by atoms with Crippen LogP contribution in [-0.2, 0) is 0 Å². The van der Waals surface area contributed by atoms with E-state index in [1.54, 1.807) is 0 Å². The topological polar surface area (TPSA) is 52.0 Å². The molecule has 0 aromatic heterocycles. The van der Waals surface area contributed by atoms with Gasteiger partial charge in [-0.1, -0.05) is 12.8 Å². The van der Waals surface area contributed by atoms with Crippen LogP contribution in [0.3, 0.4) is 0 Å². The Morgan fingerprint density at radius 1 is 0.800 bits per heavy atom. The fourth-order valence-electron chi connectivity index (χ4n) is 3.38. The van der Waals surface area contributed by atoms with Gasteiger partial charge in [0.05, 0.1) is 0 Å². The van der Waals surface area contributed by atoms with Crippen molar-refractivity contribution in [1.29, 1.82) is 0 Å². The summed E-state index contributed by atoms with van der Waals surface area (Å²) in [5, 5.41) is 0. The molecule has 0 amide bonds. The maximum absolute atomic E-state index is 6.20. The standard InChI is InChI=1S/C13H26N2/c14-12-7-5-10(6-8-12)9-11-3-1-2-4-13(11)15/h10-13H,1-9,14-15H2. The highest BCUT2D eigenvalue weighted by Gasteiger charge is 2.26. The van der Waals surface area contributed by atoms with Crippen molar-refractivity contribution in [3.8, 4) is 0 Å². The van der Waals surface area contributed by atoms with Crippen molar-refractivity contribution in [2.75, 3.05) is 0 Å². The van der Waals surface area contributed by atoms with Crippen LogP contribution in [0, 0.1) is 11.8 Å². The molecule has 0 bridgehead atoms. The van der Waals surface area contributed by atoms with Gasteiger partial charge in [-0.2, -0.15) is 0 Å². The fraction of sp³-hybridized carbons (Fsp3) is 1.00. The van der Waals surface area contributed by atoms with E-state index in [0.29, 0.717) is 12.1 Å². The van der Waals surface area contributed by atoms with Crippen LogP contribution in [0.2, 0.25) is 0 Å². The van der Waals surface area contributed by atoms with Gasteiger partial charge in [0.2, 0.25) is 0 Å². The molecule has 2 aliphatic carbocycles. The van der Waals surface area contributed by atoms with E-state index in [-0.39, 0.29) is 0 Å². The van der Waals surface area contributed by atoms with Gasteiger partial charge in [-0.05, 0) is 56.8 Å². The molecule has 2 rings (SSSR count). The lowest BCUT2D eigenvalue weighted by atomic mass is 9.75. The Hall–Kier alpha value is -0.0800. The highest BCUT2D eigenvalue weighted by atomic mass is 14.7. The van der Waals surface area contributed by atoms with E-state index >= 15 is 0 Å². The number of hydrogen-bond donors (Lipinski definition) is 2. The first-order valence-corrected chi connectivity index (χ1v) is 6.77. The Kier molecular flexibility index (Phi) is 4.04.